The lowest BCUT2D eigenvalue weighted by Gasteiger charge is -2.23. The highest BCUT2D eigenvalue weighted by Gasteiger charge is 2.38. The Kier molecular flexibility index (Phi) is 5.40. The van der Waals surface area contributed by atoms with Crippen molar-refractivity contribution in [2.75, 3.05) is 0 Å². The molecule has 0 saturated heterocycles. The van der Waals surface area contributed by atoms with E-state index in [1.165, 1.54) is 104 Å². The molecule has 0 bridgehead atoms. The molecule has 0 atom stereocenters. The zero-order valence-corrected chi connectivity index (χ0v) is 28.6. The Morgan fingerprint density at radius 3 is 2.16 bits per heavy atom. The molecule has 0 fully saturated rings. The van der Waals surface area contributed by atoms with E-state index in [0.717, 1.165) is 18.2 Å². The van der Waals surface area contributed by atoms with Crippen molar-refractivity contribution in [2.24, 2.45) is 0 Å². The number of hydrogen-bond donors (Lipinski definition) is 0. The number of rotatable bonds is 2. The first kappa shape index (κ1) is 27.3. The molecule has 228 valence electrons. The summed E-state index contributed by atoms with van der Waals surface area (Å²) in [5, 5.41) is 13.4. The largest absolute Gasteiger partial charge is 0.113 e. The molecule has 8 aromatic rings. The van der Waals surface area contributed by atoms with E-state index in [9.17, 15) is 0 Å². The van der Waals surface area contributed by atoms with Crippen LogP contribution in [0.15, 0.2) is 133 Å². The van der Waals surface area contributed by atoms with Crippen LogP contribution in [-0.2, 0) is 0 Å². The fourth-order valence-electron chi connectivity index (χ4n) is 9.55. The van der Waals surface area contributed by atoms with Crippen LogP contribution in [0.5, 0.6) is 0 Å². The van der Waals surface area contributed by atoms with E-state index in [1.54, 1.807) is 0 Å². The minimum absolute atomic E-state index is 1.11. The number of hydrogen-bond acceptors (Lipinski definition) is 0. The monoisotopic (exact) mass is 636 g/mol. The Morgan fingerprint density at radius 1 is 0.551 bits per heavy atom. The summed E-state index contributed by atoms with van der Waals surface area (Å²) in [7, 11) is -1.93. The first-order valence-electron chi connectivity index (χ1n) is 17.5. The summed E-state index contributed by atoms with van der Waals surface area (Å²) in [6.45, 7) is 5.05. The molecular weight excluding hydrogens is 605 g/mol. The predicted molar refractivity (Wildman–Crippen MR) is 212 cm³/mol. The molecule has 0 amide bonds. The van der Waals surface area contributed by atoms with Crippen molar-refractivity contribution in [3.8, 4) is 33.4 Å². The summed E-state index contributed by atoms with van der Waals surface area (Å²) in [6, 6.07) is 52.9. The molecule has 0 spiro atoms. The van der Waals surface area contributed by atoms with Crippen LogP contribution in [0.1, 0.15) is 24.0 Å². The lowest BCUT2D eigenvalue weighted by molar-refractivity contribution is 1.06. The molecule has 0 saturated carbocycles. The summed E-state index contributed by atoms with van der Waals surface area (Å²) in [4.78, 5) is 0. The Hall–Kier alpha value is -5.68. The van der Waals surface area contributed by atoms with E-state index in [1.807, 2.05) is 6.07 Å². The first-order valence-corrected chi connectivity index (χ1v) is 20.5. The van der Waals surface area contributed by atoms with Gasteiger partial charge in [-0.05, 0) is 135 Å². The minimum Gasteiger partial charge on any atom is -0.0836 e. The van der Waals surface area contributed by atoms with E-state index in [-0.39, 0.29) is 0 Å². The van der Waals surface area contributed by atoms with E-state index >= 15 is 0 Å². The summed E-state index contributed by atoms with van der Waals surface area (Å²) in [5.74, 6) is 0. The van der Waals surface area contributed by atoms with E-state index in [0.29, 0.717) is 0 Å². The molecule has 0 aromatic heterocycles. The van der Waals surface area contributed by atoms with Gasteiger partial charge in [0, 0.05) is 5.39 Å². The second-order valence-corrected chi connectivity index (χ2v) is 18.8. The SMILES string of the molecule is C[Si]1(C)c2ccccc2-c2cc3c(-c4ccc5c6c(cccc46)C4=C5C=CCC4)c4ccccc4c(-c4cccc5ccc#cc45)c3cc21. The Labute approximate surface area is 287 Å². The minimum atomic E-state index is -1.93. The summed E-state index contributed by atoms with van der Waals surface area (Å²) < 4.78 is 0. The molecule has 2 aliphatic carbocycles. The van der Waals surface area contributed by atoms with E-state index < -0.39 is 8.07 Å². The molecule has 1 heterocycles. The maximum Gasteiger partial charge on any atom is 0.113 e. The maximum absolute atomic E-state index is 3.52. The molecule has 0 nitrogen and oxygen atoms in total. The van der Waals surface area contributed by atoms with Crippen molar-refractivity contribution in [1.29, 1.82) is 0 Å². The number of fused-ring (bicyclic) bond motifs is 8. The quantitative estimate of drug-likeness (QED) is 0.131. The van der Waals surface area contributed by atoms with Gasteiger partial charge in [0.2, 0.25) is 0 Å². The van der Waals surface area contributed by atoms with Gasteiger partial charge in [0.15, 0.2) is 0 Å². The third-order valence-corrected chi connectivity index (χ3v) is 15.3. The Bertz CT molecular complexity index is 2840. The third kappa shape index (κ3) is 3.54. The van der Waals surface area contributed by atoms with Crippen molar-refractivity contribution in [1.82, 2.24) is 0 Å². The van der Waals surface area contributed by atoms with Crippen molar-refractivity contribution >= 4 is 72.7 Å². The van der Waals surface area contributed by atoms with Gasteiger partial charge in [-0.3, -0.25) is 0 Å². The van der Waals surface area contributed by atoms with Gasteiger partial charge in [0.25, 0.3) is 0 Å². The second kappa shape index (κ2) is 9.70. The molecule has 3 aliphatic rings. The molecule has 1 aliphatic heterocycles. The van der Waals surface area contributed by atoms with E-state index in [2.05, 4.69) is 153 Å². The van der Waals surface area contributed by atoms with Gasteiger partial charge in [0.1, 0.15) is 8.07 Å². The Morgan fingerprint density at radius 2 is 1.27 bits per heavy atom. The lowest BCUT2D eigenvalue weighted by atomic mass is 9.82. The molecular formula is C48H32Si. The molecule has 8 aromatic carbocycles. The van der Waals surface area contributed by atoms with Gasteiger partial charge in [-0.1, -0.05) is 141 Å². The summed E-state index contributed by atoms with van der Waals surface area (Å²) in [6.07, 6.45) is 6.93. The van der Waals surface area contributed by atoms with Crippen LogP contribution in [-0.4, -0.2) is 8.07 Å². The standard InChI is InChI=1S/C48H32Si/c1-49(2)44-24-10-9-18-33(44)41-27-42-43(28-45(41)49)47(34-21-11-14-29-13-3-4-15-30(29)34)36-19-7-8-20-37(36)48(42)40-26-25-39-32-17-6-5-16-31(32)35-22-12-23-38(40)46(35)39/h3,6-14,17-28H,5,16H2,1-2H3. The highest BCUT2D eigenvalue weighted by molar-refractivity contribution is 7.04. The van der Waals surface area contributed by atoms with Crippen molar-refractivity contribution in [2.45, 2.75) is 25.9 Å². The van der Waals surface area contributed by atoms with Crippen LogP contribution in [0.2, 0.25) is 13.1 Å². The first-order chi connectivity index (χ1) is 24.1. The number of benzene rings is 7. The fraction of sp³-hybridized carbons (Fsp3) is 0.0833. The second-order valence-electron chi connectivity index (χ2n) is 14.5. The molecule has 49 heavy (non-hydrogen) atoms. The third-order valence-electron chi connectivity index (χ3n) is 11.7. The van der Waals surface area contributed by atoms with Gasteiger partial charge in [-0.15, -0.1) is 0 Å². The van der Waals surface area contributed by atoms with Crippen LogP contribution in [0.3, 0.4) is 0 Å². The van der Waals surface area contributed by atoms with Crippen molar-refractivity contribution < 1.29 is 0 Å². The molecule has 11 rings (SSSR count). The smallest absolute Gasteiger partial charge is 0.0836 e. The van der Waals surface area contributed by atoms with Crippen LogP contribution in [0.4, 0.5) is 0 Å². The predicted octanol–water partition coefficient (Wildman–Crippen LogP) is 11.6. The maximum atomic E-state index is 3.52. The molecule has 0 unspecified atom stereocenters. The summed E-state index contributed by atoms with van der Waals surface area (Å²) >= 11 is 0. The zero-order chi connectivity index (χ0) is 32.4. The lowest BCUT2D eigenvalue weighted by Crippen LogP contribution is -2.49. The van der Waals surface area contributed by atoms with E-state index in [4.69, 9.17) is 0 Å². The molecule has 1 heteroatoms. The highest BCUT2D eigenvalue weighted by atomic mass is 28.3. The van der Waals surface area contributed by atoms with Crippen LogP contribution < -0.4 is 10.4 Å². The highest BCUT2D eigenvalue weighted by Crippen LogP contribution is 2.52. The number of allylic oxidation sites excluding steroid dienone is 4. The average Bonchev–Trinajstić information content (AvgIpc) is 3.59. The fourth-order valence-corrected chi connectivity index (χ4v) is 12.6. The summed E-state index contributed by atoms with van der Waals surface area (Å²) in [5.41, 5.74) is 13.7. The van der Waals surface area contributed by atoms with Crippen molar-refractivity contribution in [3.63, 3.8) is 0 Å². The van der Waals surface area contributed by atoms with Gasteiger partial charge in [-0.25, -0.2) is 0 Å². The van der Waals surface area contributed by atoms with Gasteiger partial charge in [0.05, 0.1) is 0 Å². The molecule has 0 N–H and O–H groups in total. The Balaban J connectivity index is 1.33. The van der Waals surface area contributed by atoms with Crippen LogP contribution in [0, 0.1) is 12.1 Å². The van der Waals surface area contributed by atoms with Gasteiger partial charge < -0.3 is 0 Å². The topological polar surface area (TPSA) is 0 Å². The van der Waals surface area contributed by atoms with Crippen LogP contribution in [0.25, 0.3) is 87.6 Å². The normalized spacial score (nSPS) is 15.2. The molecule has 0 radical (unpaired) electrons. The van der Waals surface area contributed by atoms with Crippen molar-refractivity contribution in [3.05, 3.63) is 157 Å². The average molecular weight is 637 g/mol. The zero-order valence-electron chi connectivity index (χ0n) is 27.6. The van der Waals surface area contributed by atoms with Gasteiger partial charge in [-0.2, -0.15) is 0 Å². The van der Waals surface area contributed by atoms with Gasteiger partial charge >= 0.3 is 0 Å². The van der Waals surface area contributed by atoms with Crippen LogP contribution >= 0.6 is 0 Å².